The molecule has 1 aromatic heterocycles. The average Bonchev–Trinajstić information content (AvgIpc) is 3.15. The van der Waals surface area contributed by atoms with Crippen LogP contribution in [0.5, 0.6) is 11.5 Å². The lowest BCUT2D eigenvalue weighted by Crippen LogP contribution is -2.16. The Morgan fingerprint density at radius 2 is 1.96 bits per heavy atom. The Morgan fingerprint density at radius 3 is 2.81 bits per heavy atom. The molecule has 0 atom stereocenters. The van der Waals surface area contributed by atoms with Crippen LogP contribution in [0, 0.1) is 0 Å². The summed E-state index contributed by atoms with van der Waals surface area (Å²) in [6.07, 6.45) is 0. The molecule has 4 rings (SSSR count). The summed E-state index contributed by atoms with van der Waals surface area (Å²) in [5.74, 6) is 1.16. The van der Waals surface area contributed by atoms with Crippen LogP contribution >= 0.6 is 11.6 Å². The van der Waals surface area contributed by atoms with Crippen LogP contribution in [0.2, 0.25) is 5.02 Å². The van der Waals surface area contributed by atoms with E-state index in [1.54, 1.807) is 36.4 Å². The summed E-state index contributed by atoms with van der Waals surface area (Å²) < 4.78 is 21.2. The van der Waals surface area contributed by atoms with Crippen LogP contribution < -0.4 is 9.47 Å². The van der Waals surface area contributed by atoms with Crippen LogP contribution in [0.1, 0.15) is 16.2 Å². The maximum atomic E-state index is 12.2. The first-order valence-electron chi connectivity index (χ1n) is 7.84. The number of benzene rings is 2. The maximum Gasteiger partial charge on any atom is 0.338 e. The summed E-state index contributed by atoms with van der Waals surface area (Å²) in [7, 11) is 0. The highest BCUT2D eigenvalue weighted by molar-refractivity contribution is 6.30. The molecule has 7 nitrogen and oxygen atoms in total. The Bertz CT molecular complexity index is 956. The Hall–Kier alpha value is -3.06. The highest BCUT2D eigenvalue weighted by atomic mass is 35.5. The third-order valence-corrected chi connectivity index (χ3v) is 3.89. The van der Waals surface area contributed by atoms with Crippen molar-refractivity contribution in [1.82, 2.24) is 10.1 Å². The molecule has 2 heterocycles. The van der Waals surface area contributed by atoms with Crippen LogP contribution in [0.4, 0.5) is 0 Å². The molecule has 0 bridgehead atoms. The summed E-state index contributed by atoms with van der Waals surface area (Å²) in [6, 6.07) is 11.9. The molecular weight excluding hydrogens is 360 g/mol. The summed E-state index contributed by atoms with van der Waals surface area (Å²) in [6.45, 7) is 0.795. The van der Waals surface area contributed by atoms with Crippen molar-refractivity contribution in [3.8, 4) is 22.9 Å². The van der Waals surface area contributed by atoms with E-state index in [9.17, 15) is 4.79 Å². The number of halogens is 1. The van der Waals surface area contributed by atoms with Crippen LogP contribution in [0.25, 0.3) is 11.4 Å². The zero-order chi connectivity index (χ0) is 17.9. The average molecular weight is 373 g/mol. The Balaban J connectivity index is 1.42. The van der Waals surface area contributed by atoms with Gasteiger partial charge in [-0.2, -0.15) is 4.98 Å². The summed E-state index contributed by atoms with van der Waals surface area (Å²) in [5.41, 5.74) is 1.06. The molecule has 0 spiro atoms. The van der Waals surface area contributed by atoms with E-state index in [2.05, 4.69) is 10.1 Å². The van der Waals surface area contributed by atoms with Gasteiger partial charge >= 0.3 is 5.97 Å². The highest BCUT2D eigenvalue weighted by Gasteiger charge is 2.17. The van der Waals surface area contributed by atoms with Crippen LogP contribution in [0.3, 0.4) is 0 Å². The van der Waals surface area contributed by atoms with E-state index < -0.39 is 5.97 Å². The number of esters is 1. The van der Waals surface area contributed by atoms with Gasteiger partial charge in [-0.25, -0.2) is 4.79 Å². The van der Waals surface area contributed by atoms with Gasteiger partial charge in [0.1, 0.15) is 13.2 Å². The van der Waals surface area contributed by atoms with E-state index in [1.165, 1.54) is 0 Å². The number of carbonyl (C=O) groups excluding carboxylic acids is 1. The van der Waals surface area contributed by atoms with Gasteiger partial charge in [-0.1, -0.05) is 28.9 Å². The smallest absolute Gasteiger partial charge is 0.338 e. The largest absolute Gasteiger partial charge is 0.486 e. The Morgan fingerprint density at radius 1 is 1.12 bits per heavy atom. The van der Waals surface area contributed by atoms with Crippen molar-refractivity contribution in [3.05, 3.63) is 58.9 Å². The molecular formula is C18H13ClN2O5. The number of rotatable bonds is 4. The Labute approximate surface area is 153 Å². The SMILES string of the molecule is O=C(OCc1nc(-c2cccc(Cl)c2)no1)c1ccc2c(c1)OCCO2. The van der Waals surface area contributed by atoms with Gasteiger partial charge < -0.3 is 18.7 Å². The Kier molecular flexibility index (Phi) is 4.45. The molecule has 0 saturated carbocycles. The predicted octanol–water partition coefficient (Wildman–Crippen LogP) is 3.52. The molecule has 0 fully saturated rings. The second-order valence-electron chi connectivity index (χ2n) is 5.46. The molecule has 2 aromatic carbocycles. The number of aromatic nitrogens is 2. The van der Waals surface area contributed by atoms with Crippen molar-refractivity contribution in [2.24, 2.45) is 0 Å². The molecule has 0 radical (unpaired) electrons. The standard InChI is InChI=1S/C18H13ClN2O5/c19-13-3-1-2-11(8-13)17-20-16(26-21-17)10-25-18(22)12-4-5-14-15(9-12)24-7-6-23-14/h1-5,8-9H,6-7,10H2. The fraction of sp³-hybridized carbons (Fsp3) is 0.167. The van der Waals surface area contributed by atoms with Gasteiger partial charge in [-0.3, -0.25) is 0 Å². The summed E-state index contributed by atoms with van der Waals surface area (Å²) in [5, 5.41) is 4.43. The van der Waals surface area contributed by atoms with E-state index in [-0.39, 0.29) is 12.5 Å². The first-order valence-corrected chi connectivity index (χ1v) is 8.22. The molecule has 1 aliphatic heterocycles. The molecule has 0 unspecified atom stereocenters. The maximum absolute atomic E-state index is 12.2. The monoisotopic (exact) mass is 372 g/mol. The van der Waals surface area contributed by atoms with Gasteiger partial charge in [0.2, 0.25) is 5.82 Å². The lowest BCUT2D eigenvalue weighted by Gasteiger charge is -2.18. The molecule has 8 heteroatoms. The second-order valence-corrected chi connectivity index (χ2v) is 5.89. The number of hydrogen-bond acceptors (Lipinski definition) is 7. The third-order valence-electron chi connectivity index (χ3n) is 3.66. The van der Waals surface area contributed by atoms with E-state index in [1.807, 2.05) is 6.07 Å². The van der Waals surface area contributed by atoms with E-state index >= 15 is 0 Å². The molecule has 0 N–H and O–H groups in total. The van der Waals surface area contributed by atoms with E-state index in [4.69, 9.17) is 30.3 Å². The lowest BCUT2D eigenvalue weighted by atomic mass is 10.2. The molecule has 3 aromatic rings. The zero-order valence-electron chi connectivity index (χ0n) is 13.5. The van der Waals surface area contributed by atoms with Crippen molar-refractivity contribution in [1.29, 1.82) is 0 Å². The quantitative estimate of drug-likeness (QED) is 0.648. The molecule has 0 amide bonds. The lowest BCUT2D eigenvalue weighted by molar-refractivity contribution is 0.0429. The summed E-state index contributed by atoms with van der Waals surface area (Å²) in [4.78, 5) is 16.4. The number of nitrogens with zero attached hydrogens (tertiary/aromatic N) is 2. The van der Waals surface area contributed by atoms with Crippen molar-refractivity contribution < 1.29 is 23.5 Å². The minimum atomic E-state index is -0.524. The summed E-state index contributed by atoms with van der Waals surface area (Å²) >= 11 is 5.95. The molecule has 1 aliphatic rings. The molecule has 0 saturated heterocycles. The van der Waals surface area contributed by atoms with Crippen molar-refractivity contribution in [2.75, 3.05) is 13.2 Å². The first kappa shape index (κ1) is 16.4. The van der Waals surface area contributed by atoms with E-state index in [0.29, 0.717) is 46.7 Å². The van der Waals surface area contributed by atoms with Crippen LogP contribution in [-0.4, -0.2) is 29.3 Å². The minimum Gasteiger partial charge on any atom is -0.486 e. The molecule has 26 heavy (non-hydrogen) atoms. The second kappa shape index (κ2) is 7.05. The minimum absolute atomic E-state index is 0.138. The molecule has 0 aliphatic carbocycles. The fourth-order valence-corrected chi connectivity index (χ4v) is 2.63. The van der Waals surface area contributed by atoms with Gasteiger partial charge in [0.05, 0.1) is 5.56 Å². The van der Waals surface area contributed by atoms with Gasteiger partial charge in [-0.15, -0.1) is 0 Å². The fourth-order valence-electron chi connectivity index (χ4n) is 2.44. The van der Waals surface area contributed by atoms with Crippen molar-refractivity contribution >= 4 is 17.6 Å². The third kappa shape index (κ3) is 3.48. The van der Waals surface area contributed by atoms with Gasteiger partial charge in [0.25, 0.3) is 5.89 Å². The number of fused-ring (bicyclic) bond motifs is 1. The highest BCUT2D eigenvalue weighted by Crippen LogP contribution is 2.31. The normalized spacial score (nSPS) is 12.7. The zero-order valence-corrected chi connectivity index (χ0v) is 14.2. The number of carbonyl (C=O) groups is 1. The number of hydrogen-bond donors (Lipinski definition) is 0. The predicted molar refractivity (Wildman–Crippen MR) is 91.3 cm³/mol. The van der Waals surface area contributed by atoms with Crippen LogP contribution in [-0.2, 0) is 11.3 Å². The number of ether oxygens (including phenoxy) is 3. The first-order chi connectivity index (χ1) is 12.7. The topological polar surface area (TPSA) is 83.7 Å². The van der Waals surface area contributed by atoms with Gasteiger partial charge in [-0.05, 0) is 30.3 Å². The van der Waals surface area contributed by atoms with Gasteiger partial charge in [0.15, 0.2) is 18.1 Å². The van der Waals surface area contributed by atoms with Gasteiger partial charge in [0, 0.05) is 10.6 Å². The molecule has 132 valence electrons. The van der Waals surface area contributed by atoms with Crippen LogP contribution in [0.15, 0.2) is 47.0 Å². The van der Waals surface area contributed by atoms with Crippen molar-refractivity contribution in [2.45, 2.75) is 6.61 Å². The van der Waals surface area contributed by atoms with Crippen molar-refractivity contribution in [3.63, 3.8) is 0 Å². The van der Waals surface area contributed by atoms with E-state index in [0.717, 1.165) is 0 Å².